The summed E-state index contributed by atoms with van der Waals surface area (Å²) in [5.74, 6) is -0.898. The first-order chi connectivity index (χ1) is 15.4. The molecule has 1 amide bonds. The first kappa shape index (κ1) is 22.0. The zero-order chi connectivity index (χ0) is 22.7. The molecule has 1 atom stereocenters. The van der Waals surface area contributed by atoms with Crippen LogP contribution in [0.1, 0.15) is 67.0 Å². The third-order valence-corrected chi connectivity index (χ3v) is 5.37. The van der Waals surface area contributed by atoms with Crippen molar-refractivity contribution in [1.29, 1.82) is 0 Å². The van der Waals surface area contributed by atoms with Crippen molar-refractivity contribution in [3.8, 4) is 11.1 Å². The van der Waals surface area contributed by atoms with Crippen LogP contribution in [0.5, 0.6) is 0 Å². The van der Waals surface area contributed by atoms with Gasteiger partial charge in [0.05, 0.1) is 16.9 Å². The number of hydrogen-bond donors (Lipinski definition) is 1. The lowest BCUT2D eigenvalue weighted by atomic mass is 9.98. The Morgan fingerprint density at radius 2 is 1.88 bits per heavy atom. The zero-order valence-corrected chi connectivity index (χ0v) is 17.9. The van der Waals surface area contributed by atoms with Gasteiger partial charge in [-0.05, 0) is 43.5 Å². The molecule has 32 heavy (non-hydrogen) atoms. The quantitative estimate of drug-likeness (QED) is 0.574. The van der Waals surface area contributed by atoms with Crippen molar-refractivity contribution in [3.05, 3.63) is 71.6 Å². The normalized spacial score (nSPS) is 16.2. The molecule has 1 aliphatic rings. The van der Waals surface area contributed by atoms with Crippen LogP contribution in [-0.4, -0.2) is 27.5 Å². The second kappa shape index (κ2) is 9.48. The first-order valence-corrected chi connectivity index (χ1v) is 10.6. The van der Waals surface area contributed by atoms with E-state index in [1.165, 1.54) is 18.6 Å². The number of carbonyl (C=O) groups excluding carboxylic acids is 1. The molecule has 1 fully saturated rings. The van der Waals surface area contributed by atoms with E-state index in [-0.39, 0.29) is 23.1 Å². The molecule has 1 aromatic carbocycles. The van der Waals surface area contributed by atoms with E-state index < -0.39 is 17.5 Å². The minimum atomic E-state index is -0.603. The maximum absolute atomic E-state index is 14.6. The van der Waals surface area contributed by atoms with Crippen LogP contribution in [0.15, 0.2) is 42.9 Å². The fraction of sp³-hybridized carbons (Fsp3) is 0.333. The molecule has 4 rings (SSSR count). The fourth-order valence-corrected chi connectivity index (χ4v) is 3.68. The Morgan fingerprint density at radius 3 is 2.56 bits per heavy atom. The Morgan fingerprint density at radius 1 is 1.09 bits per heavy atom. The van der Waals surface area contributed by atoms with E-state index >= 15 is 0 Å². The number of nitrogens with one attached hydrogen (secondary N) is 1. The summed E-state index contributed by atoms with van der Waals surface area (Å²) in [5, 5.41) is 2.84. The SMILES string of the molecule is CC(C)c1ncc(C(=O)Nc2c(-c3cc(F)ccc3F)ccnc2C2CCCCO2)cn1. The van der Waals surface area contributed by atoms with E-state index in [1.54, 1.807) is 6.07 Å². The number of aromatic nitrogens is 3. The monoisotopic (exact) mass is 438 g/mol. The molecule has 1 N–H and O–H groups in total. The molecule has 0 radical (unpaired) electrons. The number of anilines is 1. The Hall–Kier alpha value is -3.26. The van der Waals surface area contributed by atoms with Gasteiger partial charge in [0.15, 0.2) is 0 Å². The van der Waals surface area contributed by atoms with E-state index in [9.17, 15) is 13.6 Å². The van der Waals surface area contributed by atoms with Gasteiger partial charge < -0.3 is 10.1 Å². The smallest absolute Gasteiger partial charge is 0.258 e. The van der Waals surface area contributed by atoms with Crippen molar-refractivity contribution < 1.29 is 18.3 Å². The van der Waals surface area contributed by atoms with Gasteiger partial charge in [0.25, 0.3) is 5.91 Å². The van der Waals surface area contributed by atoms with Crippen molar-refractivity contribution in [3.63, 3.8) is 0 Å². The zero-order valence-electron chi connectivity index (χ0n) is 17.9. The van der Waals surface area contributed by atoms with Crippen molar-refractivity contribution in [2.45, 2.75) is 45.1 Å². The molecular weight excluding hydrogens is 414 g/mol. The van der Waals surface area contributed by atoms with Gasteiger partial charge in [-0.25, -0.2) is 18.7 Å². The summed E-state index contributed by atoms with van der Waals surface area (Å²) >= 11 is 0. The summed E-state index contributed by atoms with van der Waals surface area (Å²) in [5.41, 5.74) is 1.39. The highest BCUT2D eigenvalue weighted by Gasteiger charge is 2.25. The average molecular weight is 438 g/mol. The van der Waals surface area contributed by atoms with E-state index in [1.807, 2.05) is 13.8 Å². The van der Waals surface area contributed by atoms with Crippen molar-refractivity contribution >= 4 is 11.6 Å². The van der Waals surface area contributed by atoms with Crippen molar-refractivity contribution in [1.82, 2.24) is 15.0 Å². The Kier molecular flexibility index (Phi) is 6.50. The number of ether oxygens (including phenoxy) is 1. The van der Waals surface area contributed by atoms with Crippen molar-refractivity contribution in [2.24, 2.45) is 0 Å². The highest BCUT2D eigenvalue weighted by molar-refractivity contribution is 6.06. The number of nitrogens with zero attached hydrogens (tertiary/aromatic N) is 3. The summed E-state index contributed by atoms with van der Waals surface area (Å²) in [6, 6.07) is 4.77. The summed E-state index contributed by atoms with van der Waals surface area (Å²) < 4.78 is 34.5. The number of halogens is 2. The van der Waals surface area contributed by atoms with Crippen LogP contribution in [0, 0.1) is 11.6 Å². The van der Waals surface area contributed by atoms with E-state index in [0.717, 1.165) is 37.5 Å². The summed E-state index contributed by atoms with van der Waals surface area (Å²) in [6.45, 7) is 4.49. The van der Waals surface area contributed by atoms with Crippen LogP contribution in [0.3, 0.4) is 0 Å². The lowest BCUT2D eigenvalue weighted by molar-refractivity contribution is 0.0128. The Labute approximate surface area is 185 Å². The molecule has 8 heteroatoms. The lowest BCUT2D eigenvalue weighted by Crippen LogP contribution is -2.20. The first-order valence-electron chi connectivity index (χ1n) is 10.6. The van der Waals surface area contributed by atoms with Crippen LogP contribution in [0.2, 0.25) is 0 Å². The van der Waals surface area contributed by atoms with E-state index in [0.29, 0.717) is 29.4 Å². The molecule has 3 heterocycles. The van der Waals surface area contributed by atoms with Gasteiger partial charge in [0.2, 0.25) is 0 Å². The van der Waals surface area contributed by atoms with Crippen LogP contribution >= 0.6 is 0 Å². The minimum Gasteiger partial charge on any atom is -0.372 e. The molecular formula is C24H24F2N4O2. The van der Waals surface area contributed by atoms with Gasteiger partial charge in [-0.1, -0.05) is 13.8 Å². The molecule has 0 bridgehead atoms. The highest BCUT2D eigenvalue weighted by atomic mass is 19.1. The lowest BCUT2D eigenvalue weighted by Gasteiger charge is -2.25. The topological polar surface area (TPSA) is 77.0 Å². The third kappa shape index (κ3) is 4.65. The number of amides is 1. The van der Waals surface area contributed by atoms with Crippen LogP contribution in [0.4, 0.5) is 14.5 Å². The molecule has 2 aromatic heterocycles. The average Bonchev–Trinajstić information content (AvgIpc) is 2.81. The molecule has 1 aliphatic heterocycles. The molecule has 0 spiro atoms. The summed E-state index contributed by atoms with van der Waals surface area (Å²) in [4.78, 5) is 26.0. The Balaban J connectivity index is 1.77. The van der Waals surface area contributed by atoms with Gasteiger partial charge in [0, 0.05) is 42.2 Å². The van der Waals surface area contributed by atoms with Gasteiger partial charge in [-0.15, -0.1) is 0 Å². The molecule has 3 aromatic rings. The Bertz CT molecular complexity index is 1110. The van der Waals surface area contributed by atoms with Gasteiger partial charge >= 0.3 is 0 Å². The molecule has 6 nitrogen and oxygen atoms in total. The van der Waals surface area contributed by atoms with E-state index in [2.05, 4.69) is 20.3 Å². The van der Waals surface area contributed by atoms with Crippen LogP contribution in [-0.2, 0) is 4.74 Å². The maximum atomic E-state index is 14.6. The van der Waals surface area contributed by atoms with Crippen molar-refractivity contribution in [2.75, 3.05) is 11.9 Å². The number of hydrogen-bond acceptors (Lipinski definition) is 5. The largest absolute Gasteiger partial charge is 0.372 e. The second-order valence-electron chi connectivity index (χ2n) is 8.04. The van der Waals surface area contributed by atoms with Crippen LogP contribution in [0.25, 0.3) is 11.1 Å². The number of benzene rings is 1. The molecule has 1 saturated heterocycles. The third-order valence-electron chi connectivity index (χ3n) is 5.37. The molecule has 0 saturated carbocycles. The summed E-state index contributed by atoms with van der Waals surface area (Å²) in [7, 11) is 0. The highest BCUT2D eigenvalue weighted by Crippen LogP contribution is 2.38. The number of pyridine rings is 1. The molecule has 0 aliphatic carbocycles. The van der Waals surface area contributed by atoms with E-state index in [4.69, 9.17) is 4.74 Å². The summed E-state index contributed by atoms with van der Waals surface area (Å²) in [6.07, 6.45) is 6.68. The predicted molar refractivity (Wildman–Crippen MR) is 116 cm³/mol. The van der Waals surface area contributed by atoms with Gasteiger partial charge in [-0.3, -0.25) is 9.78 Å². The predicted octanol–water partition coefficient (Wildman–Crippen LogP) is 5.43. The standard InChI is InChI=1S/C24H24F2N4O2/c1-14(2)23-28-12-15(13-29-23)24(31)30-21-17(18-11-16(25)6-7-19(18)26)8-9-27-22(21)20-5-3-4-10-32-20/h6-9,11-14,20H,3-5,10H2,1-2H3,(H,30,31). The van der Waals surface area contributed by atoms with Gasteiger partial charge in [-0.2, -0.15) is 0 Å². The minimum absolute atomic E-state index is 0.0335. The molecule has 1 unspecified atom stereocenters. The fourth-order valence-electron chi connectivity index (χ4n) is 3.68. The number of rotatable bonds is 5. The van der Waals surface area contributed by atoms with Crippen LogP contribution < -0.4 is 5.32 Å². The number of carbonyl (C=O) groups is 1. The van der Waals surface area contributed by atoms with Gasteiger partial charge in [0.1, 0.15) is 23.6 Å². The second-order valence-corrected chi connectivity index (χ2v) is 8.04. The maximum Gasteiger partial charge on any atom is 0.258 e. The molecule has 166 valence electrons.